The Morgan fingerprint density at radius 3 is 2.33 bits per heavy atom. The fraction of sp³-hybridized carbons (Fsp3) is 0.286. The molecule has 0 fully saturated rings. The van der Waals surface area contributed by atoms with Gasteiger partial charge in [0.2, 0.25) is 5.78 Å². The molecule has 114 valence electrons. The van der Waals surface area contributed by atoms with Crippen LogP contribution in [0.3, 0.4) is 0 Å². The van der Waals surface area contributed by atoms with Gasteiger partial charge in [-0.05, 0) is 26.0 Å². The highest BCUT2D eigenvalue weighted by Crippen LogP contribution is 2.33. The molecule has 0 aromatic heterocycles. The van der Waals surface area contributed by atoms with Gasteiger partial charge in [0.15, 0.2) is 0 Å². The quantitative estimate of drug-likeness (QED) is 0.146. The van der Waals surface area contributed by atoms with Gasteiger partial charge in [-0.2, -0.15) is 0 Å². The lowest BCUT2D eigenvalue weighted by atomic mass is 10.0. The molecule has 0 aliphatic carbocycles. The molecule has 0 heterocycles. The highest BCUT2D eigenvalue weighted by atomic mass is 35.5. The molecule has 1 rings (SSSR count). The molecule has 0 spiro atoms. The number of carbonyl (C=O) groups is 2. The van der Waals surface area contributed by atoms with Gasteiger partial charge in [0, 0.05) is 5.56 Å². The van der Waals surface area contributed by atoms with Crippen LogP contribution in [0.25, 0.3) is 0 Å². The maximum atomic E-state index is 12.4. The topological polar surface area (TPSA) is 52.6 Å². The van der Waals surface area contributed by atoms with Crippen LogP contribution >= 0.6 is 34.8 Å². The molecule has 0 aliphatic heterocycles. The number of benzene rings is 1. The van der Waals surface area contributed by atoms with E-state index >= 15 is 0 Å². The number of ketones is 1. The van der Waals surface area contributed by atoms with Gasteiger partial charge in [-0.1, -0.05) is 34.8 Å². The van der Waals surface area contributed by atoms with Gasteiger partial charge in [-0.25, -0.2) is 4.79 Å². The first-order valence-corrected chi connectivity index (χ1v) is 7.24. The Morgan fingerprint density at radius 1 is 1.10 bits per heavy atom. The van der Waals surface area contributed by atoms with Crippen molar-refractivity contribution in [3.63, 3.8) is 0 Å². The van der Waals surface area contributed by atoms with Crippen molar-refractivity contribution in [3.05, 3.63) is 44.6 Å². The Morgan fingerprint density at radius 2 is 1.76 bits per heavy atom. The third-order valence-electron chi connectivity index (χ3n) is 2.39. The van der Waals surface area contributed by atoms with Crippen molar-refractivity contribution in [1.82, 2.24) is 0 Å². The second-order valence-corrected chi connectivity index (χ2v) is 4.92. The van der Waals surface area contributed by atoms with E-state index < -0.39 is 11.8 Å². The van der Waals surface area contributed by atoms with Crippen LogP contribution < -0.4 is 0 Å². The number of rotatable bonds is 6. The molecule has 0 amide bonds. The van der Waals surface area contributed by atoms with Gasteiger partial charge in [0.05, 0.1) is 28.3 Å². The van der Waals surface area contributed by atoms with E-state index in [0.29, 0.717) is 6.61 Å². The number of hydrogen-bond acceptors (Lipinski definition) is 4. The van der Waals surface area contributed by atoms with Gasteiger partial charge in [0.25, 0.3) is 0 Å². The Balaban J connectivity index is 3.23. The van der Waals surface area contributed by atoms with E-state index in [0.717, 1.165) is 6.26 Å². The predicted molar refractivity (Wildman–Crippen MR) is 82.1 cm³/mol. The normalized spacial score (nSPS) is 11.2. The molecule has 0 bridgehead atoms. The molecule has 7 heteroatoms. The summed E-state index contributed by atoms with van der Waals surface area (Å²) in [5.74, 6) is -1.44. The number of Topliss-reactive ketones (excluding diaryl/α,β-unsaturated/α-hetero) is 1. The van der Waals surface area contributed by atoms with Crippen LogP contribution in [0.2, 0.25) is 15.1 Å². The zero-order valence-corrected chi connectivity index (χ0v) is 13.7. The molecule has 0 radical (unpaired) electrons. The average molecular weight is 352 g/mol. The SMILES string of the molecule is CCOC=C(C(=O)OCC)C(=O)c1ccc(Cl)c(Cl)c1Cl. The summed E-state index contributed by atoms with van der Waals surface area (Å²) in [5.41, 5.74) is -0.218. The van der Waals surface area contributed by atoms with Crippen LogP contribution in [0.5, 0.6) is 0 Å². The molecule has 0 atom stereocenters. The van der Waals surface area contributed by atoms with E-state index in [1.54, 1.807) is 13.8 Å². The Labute approximate surface area is 137 Å². The summed E-state index contributed by atoms with van der Waals surface area (Å²) < 4.78 is 9.84. The van der Waals surface area contributed by atoms with Crippen LogP contribution in [-0.2, 0) is 14.3 Å². The van der Waals surface area contributed by atoms with Crippen LogP contribution in [-0.4, -0.2) is 25.0 Å². The van der Waals surface area contributed by atoms with Crippen LogP contribution in [0.4, 0.5) is 0 Å². The number of ether oxygens (including phenoxy) is 2. The minimum absolute atomic E-state index is 0.0270. The van der Waals surface area contributed by atoms with Crippen LogP contribution in [0.1, 0.15) is 24.2 Å². The number of carbonyl (C=O) groups excluding carboxylic acids is 2. The molecule has 0 aliphatic rings. The van der Waals surface area contributed by atoms with Crippen molar-refractivity contribution >= 4 is 46.6 Å². The molecular weight excluding hydrogens is 339 g/mol. The highest BCUT2D eigenvalue weighted by molar-refractivity contribution is 6.49. The average Bonchev–Trinajstić information content (AvgIpc) is 2.45. The maximum Gasteiger partial charge on any atom is 0.345 e. The molecule has 0 N–H and O–H groups in total. The van der Waals surface area contributed by atoms with E-state index in [-0.39, 0.29) is 32.8 Å². The van der Waals surface area contributed by atoms with Crippen molar-refractivity contribution in [2.75, 3.05) is 13.2 Å². The van der Waals surface area contributed by atoms with Crippen molar-refractivity contribution in [2.45, 2.75) is 13.8 Å². The maximum absolute atomic E-state index is 12.4. The summed E-state index contributed by atoms with van der Waals surface area (Å²) in [5, 5.41) is 0.231. The van der Waals surface area contributed by atoms with Crippen molar-refractivity contribution in [1.29, 1.82) is 0 Å². The minimum Gasteiger partial charge on any atom is -0.500 e. The van der Waals surface area contributed by atoms with Crippen LogP contribution in [0.15, 0.2) is 24.0 Å². The van der Waals surface area contributed by atoms with Crippen LogP contribution in [0, 0.1) is 0 Å². The number of esters is 1. The fourth-order valence-electron chi connectivity index (χ4n) is 1.42. The van der Waals surface area contributed by atoms with E-state index in [9.17, 15) is 9.59 Å². The summed E-state index contributed by atoms with van der Waals surface area (Å²) in [7, 11) is 0. The lowest BCUT2D eigenvalue weighted by molar-refractivity contribution is -0.138. The van der Waals surface area contributed by atoms with Gasteiger partial charge >= 0.3 is 5.97 Å². The molecule has 1 aromatic carbocycles. The molecule has 4 nitrogen and oxygen atoms in total. The third-order valence-corrected chi connectivity index (χ3v) is 3.68. The monoisotopic (exact) mass is 350 g/mol. The zero-order valence-electron chi connectivity index (χ0n) is 11.4. The summed E-state index contributed by atoms with van der Waals surface area (Å²) in [4.78, 5) is 24.2. The number of halogens is 3. The third kappa shape index (κ3) is 4.37. The highest BCUT2D eigenvalue weighted by Gasteiger charge is 2.25. The molecule has 0 unspecified atom stereocenters. The Hall–Kier alpha value is -1.23. The predicted octanol–water partition coefficient (Wildman–Crippen LogP) is 4.31. The lowest BCUT2D eigenvalue weighted by Gasteiger charge is -2.09. The van der Waals surface area contributed by atoms with E-state index in [1.807, 2.05) is 0 Å². The molecule has 0 saturated carbocycles. The second-order valence-electron chi connectivity index (χ2n) is 3.76. The summed E-state index contributed by atoms with van der Waals surface area (Å²) in [6, 6.07) is 2.81. The van der Waals surface area contributed by atoms with E-state index in [1.165, 1.54) is 12.1 Å². The van der Waals surface area contributed by atoms with Gasteiger partial charge < -0.3 is 9.47 Å². The van der Waals surface area contributed by atoms with Gasteiger partial charge in [-0.3, -0.25) is 4.79 Å². The second kappa shape index (κ2) is 8.27. The molecule has 1 aromatic rings. The smallest absolute Gasteiger partial charge is 0.345 e. The summed E-state index contributed by atoms with van der Waals surface area (Å²) in [6.07, 6.45) is 1.05. The molecule has 21 heavy (non-hydrogen) atoms. The van der Waals surface area contributed by atoms with E-state index in [2.05, 4.69) is 0 Å². The first-order chi connectivity index (χ1) is 9.93. The number of hydrogen-bond donors (Lipinski definition) is 0. The fourth-order valence-corrected chi connectivity index (χ4v) is 2.04. The Bertz CT molecular complexity index is 582. The minimum atomic E-state index is -0.793. The van der Waals surface area contributed by atoms with Crippen molar-refractivity contribution in [3.8, 4) is 0 Å². The molecule has 0 saturated heterocycles. The zero-order chi connectivity index (χ0) is 16.0. The lowest BCUT2D eigenvalue weighted by Crippen LogP contribution is -2.17. The van der Waals surface area contributed by atoms with Crippen molar-refractivity contribution in [2.24, 2.45) is 0 Å². The summed E-state index contributed by atoms with van der Waals surface area (Å²) in [6.45, 7) is 3.78. The van der Waals surface area contributed by atoms with E-state index in [4.69, 9.17) is 44.3 Å². The Kier molecular flexibility index (Phi) is 7.02. The van der Waals surface area contributed by atoms with Gasteiger partial charge in [0.1, 0.15) is 11.8 Å². The summed E-state index contributed by atoms with van der Waals surface area (Å²) >= 11 is 17.7. The van der Waals surface area contributed by atoms with Gasteiger partial charge in [-0.15, -0.1) is 0 Å². The standard InChI is InChI=1S/C14H13Cl3O4/c1-3-20-7-9(14(19)21-4-2)13(18)8-5-6-10(15)12(17)11(8)16/h5-7H,3-4H2,1-2H3. The first-order valence-electron chi connectivity index (χ1n) is 6.11. The largest absolute Gasteiger partial charge is 0.500 e. The van der Waals surface area contributed by atoms with Crippen molar-refractivity contribution < 1.29 is 19.1 Å². The first kappa shape index (κ1) is 17.8. The molecular formula is C14H13Cl3O4.